The second-order valence-corrected chi connectivity index (χ2v) is 6.96. The molecule has 0 spiro atoms. The normalized spacial score (nSPS) is 15.6. The third-order valence-electron chi connectivity index (χ3n) is 5.23. The van der Waals surface area contributed by atoms with Crippen LogP contribution in [0.25, 0.3) is 11.3 Å². The van der Waals surface area contributed by atoms with Gasteiger partial charge in [0.15, 0.2) is 0 Å². The third-order valence-corrected chi connectivity index (χ3v) is 5.23. The van der Waals surface area contributed by atoms with Crippen LogP contribution in [0.1, 0.15) is 28.2 Å². The molecule has 0 saturated carbocycles. The van der Waals surface area contributed by atoms with Crippen molar-refractivity contribution in [2.45, 2.75) is 5.92 Å². The quantitative estimate of drug-likeness (QED) is 0.391. The second-order valence-electron chi connectivity index (χ2n) is 6.96. The fourth-order valence-corrected chi connectivity index (χ4v) is 3.97. The van der Waals surface area contributed by atoms with E-state index >= 15 is 0 Å². The van der Waals surface area contributed by atoms with Crippen molar-refractivity contribution in [2.75, 3.05) is 0 Å². The van der Waals surface area contributed by atoms with E-state index < -0.39 is 0 Å². The van der Waals surface area contributed by atoms with Crippen LogP contribution in [0.4, 0.5) is 0 Å². The predicted octanol–water partition coefficient (Wildman–Crippen LogP) is 6.78. The maximum atomic E-state index is 6.52. The molecule has 4 aromatic rings. The largest absolute Gasteiger partial charge is 0.456 e. The molecule has 0 N–H and O–H groups in total. The average Bonchev–Trinajstić information content (AvgIpc) is 2.79. The molecule has 1 heterocycles. The van der Waals surface area contributed by atoms with E-state index in [9.17, 15) is 0 Å². The number of para-hydroxylation sites is 1. The Morgan fingerprint density at radius 2 is 1.04 bits per heavy atom. The topological polar surface area (TPSA) is 9.23 Å². The van der Waals surface area contributed by atoms with Gasteiger partial charge in [-0.25, -0.2) is 0 Å². The number of hydrogen-bond acceptors (Lipinski definition) is 1. The molecule has 1 nitrogen and oxygen atoms in total. The molecule has 134 valence electrons. The molecule has 1 heteroatoms. The lowest BCUT2D eigenvalue weighted by molar-refractivity contribution is 0.497. The van der Waals surface area contributed by atoms with E-state index in [1.807, 2.05) is 12.1 Å². The summed E-state index contributed by atoms with van der Waals surface area (Å²) in [4.78, 5) is 0. The first-order chi connectivity index (χ1) is 13.9. The van der Waals surface area contributed by atoms with Crippen molar-refractivity contribution in [1.29, 1.82) is 0 Å². The van der Waals surface area contributed by atoms with Gasteiger partial charge in [-0.2, -0.15) is 0 Å². The molecule has 0 amide bonds. The lowest BCUT2D eigenvalue weighted by Crippen LogP contribution is -2.15. The lowest BCUT2D eigenvalue weighted by atomic mass is 9.78. The van der Waals surface area contributed by atoms with E-state index in [1.165, 1.54) is 22.3 Å². The Bertz CT molecular complexity index is 1110. The summed E-state index contributed by atoms with van der Waals surface area (Å²) >= 11 is 0. The van der Waals surface area contributed by atoms with Gasteiger partial charge in [0.2, 0.25) is 0 Å². The number of hydrogen-bond donors (Lipinski definition) is 0. The Labute approximate surface area is 165 Å². The van der Waals surface area contributed by atoms with E-state index in [4.69, 9.17) is 4.74 Å². The first-order valence-electron chi connectivity index (χ1n) is 9.58. The standard InChI is InChI=1S/C27H20O/c1-4-12-20(13-5-1)25-23-18-10-11-19-24(23)28-27(22-16-8-3-9-17-22)26(25)21-14-6-2-7-15-21/h1-19,25H. The summed E-state index contributed by atoms with van der Waals surface area (Å²) in [5.74, 6) is 1.97. The van der Waals surface area contributed by atoms with Crippen molar-refractivity contribution in [3.05, 3.63) is 138 Å². The summed E-state index contributed by atoms with van der Waals surface area (Å²) in [7, 11) is 0. The molecular formula is C27H20O. The molecule has 28 heavy (non-hydrogen) atoms. The lowest BCUT2D eigenvalue weighted by Gasteiger charge is -2.32. The van der Waals surface area contributed by atoms with Crippen molar-refractivity contribution in [3.8, 4) is 5.75 Å². The third kappa shape index (κ3) is 2.91. The zero-order valence-electron chi connectivity index (χ0n) is 15.5. The second kappa shape index (κ2) is 7.21. The van der Waals surface area contributed by atoms with Gasteiger partial charge in [0.05, 0.1) is 0 Å². The predicted molar refractivity (Wildman–Crippen MR) is 115 cm³/mol. The molecule has 0 aliphatic carbocycles. The van der Waals surface area contributed by atoms with E-state index in [0.717, 1.165) is 17.1 Å². The van der Waals surface area contributed by atoms with Crippen molar-refractivity contribution >= 4 is 11.3 Å². The molecule has 0 saturated heterocycles. The highest BCUT2D eigenvalue weighted by atomic mass is 16.5. The molecule has 4 aromatic carbocycles. The Kier molecular flexibility index (Phi) is 4.27. The van der Waals surface area contributed by atoms with Gasteiger partial charge < -0.3 is 4.74 Å². The first-order valence-corrected chi connectivity index (χ1v) is 9.58. The van der Waals surface area contributed by atoms with Crippen LogP contribution in [-0.2, 0) is 0 Å². The van der Waals surface area contributed by atoms with E-state index in [2.05, 4.69) is 103 Å². The molecule has 1 aliphatic heterocycles. The van der Waals surface area contributed by atoms with Crippen LogP contribution in [0, 0.1) is 0 Å². The van der Waals surface area contributed by atoms with Crippen LogP contribution in [0.3, 0.4) is 0 Å². The van der Waals surface area contributed by atoms with E-state index in [0.29, 0.717) is 0 Å². The highest BCUT2D eigenvalue weighted by molar-refractivity contribution is 5.95. The van der Waals surface area contributed by atoms with Crippen molar-refractivity contribution < 1.29 is 4.74 Å². The van der Waals surface area contributed by atoms with Gasteiger partial charge in [0, 0.05) is 22.6 Å². The first kappa shape index (κ1) is 16.6. The van der Waals surface area contributed by atoms with Crippen LogP contribution in [0.5, 0.6) is 5.75 Å². The Morgan fingerprint density at radius 1 is 0.500 bits per heavy atom. The summed E-state index contributed by atoms with van der Waals surface area (Å²) in [6.07, 6.45) is 0. The molecule has 1 aliphatic rings. The molecule has 1 unspecified atom stereocenters. The number of fused-ring (bicyclic) bond motifs is 1. The van der Waals surface area contributed by atoms with Gasteiger partial charge >= 0.3 is 0 Å². The molecule has 0 radical (unpaired) electrons. The van der Waals surface area contributed by atoms with Gasteiger partial charge in [-0.1, -0.05) is 109 Å². The van der Waals surface area contributed by atoms with Gasteiger partial charge in [-0.3, -0.25) is 0 Å². The summed E-state index contributed by atoms with van der Waals surface area (Å²) in [5, 5.41) is 0. The van der Waals surface area contributed by atoms with Crippen molar-refractivity contribution in [2.24, 2.45) is 0 Å². The van der Waals surface area contributed by atoms with Crippen molar-refractivity contribution in [3.63, 3.8) is 0 Å². The van der Waals surface area contributed by atoms with Crippen LogP contribution in [-0.4, -0.2) is 0 Å². The molecule has 0 aromatic heterocycles. The summed E-state index contributed by atoms with van der Waals surface area (Å²) < 4.78 is 6.52. The van der Waals surface area contributed by atoms with Gasteiger partial charge in [0.1, 0.15) is 11.5 Å². The molecule has 5 rings (SSSR count). The highest BCUT2D eigenvalue weighted by Crippen LogP contribution is 2.49. The van der Waals surface area contributed by atoms with Gasteiger partial charge in [-0.15, -0.1) is 0 Å². The van der Waals surface area contributed by atoms with Crippen LogP contribution in [0.2, 0.25) is 0 Å². The number of allylic oxidation sites excluding steroid dienone is 1. The zero-order valence-corrected chi connectivity index (χ0v) is 15.5. The average molecular weight is 360 g/mol. The number of rotatable bonds is 3. The minimum Gasteiger partial charge on any atom is -0.456 e. The van der Waals surface area contributed by atoms with E-state index in [1.54, 1.807) is 0 Å². The summed E-state index contributed by atoms with van der Waals surface area (Å²) in [5.41, 5.74) is 5.95. The number of benzene rings is 4. The Morgan fingerprint density at radius 3 is 1.71 bits per heavy atom. The van der Waals surface area contributed by atoms with Crippen LogP contribution >= 0.6 is 0 Å². The minimum absolute atomic E-state index is 0.115. The number of ether oxygens (including phenoxy) is 1. The molecule has 0 fully saturated rings. The van der Waals surface area contributed by atoms with E-state index in [-0.39, 0.29) is 5.92 Å². The zero-order chi connectivity index (χ0) is 18.8. The molecule has 1 atom stereocenters. The smallest absolute Gasteiger partial charge is 0.139 e. The Hall–Kier alpha value is -3.58. The van der Waals surface area contributed by atoms with Crippen LogP contribution < -0.4 is 4.74 Å². The molecule has 0 bridgehead atoms. The summed E-state index contributed by atoms with van der Waals surface area (Å²) in [6.45, 7) is 0. The maximum absolute atomic E-state index is 6.52. The maximum Gasteiger partial charge on any atom is 0.139 e. The highest BCUT2D eigenvalue weighted by Gasteiger charge is 2.32. The Balaban J connectivity index is 1.83. The fourth-order valence-electron chi connectivity index (χ4n) is 3.97. The fraction of sp³-hybridized carbons (Fsp3) is 0.0370. The SMILES string of the molecule is c1ccc(C2=C(c3ccccc3)C(c3ccccc3)c3ccccc3O2)cc1. The minimum atomic E-state index is 0.115. The van der Waals surface area contributed by atoms with Gasteiger partial charge in [0.25, 0.3) is 0 Å². The summed E-state index contributed by atoms with van der Waals surface area (Å²) in [6, 6.07) is 40.1. The monoisotopic (exact) mass is 360 g/mol. The van der Waals surface area contributed by atoms with Gasteiger partial charge in [-0.05, 0) is 17.2 Å². The van der Waals surface area contributed by atoms with Crippen molar-refractivity contribution in [1.82, 2.24) is 0 Å². The van der Waals surface area contributed by atoms with Crippen LogP contribution in [0.15, 0.2) is 115 Å². The molecular weight excluding hydrogens is 340 g/mol.